The zero-order valence-corrected chi connectivity index (χ0v) is 20.2. The first-order valence-corrected chi connectivity index (χ1v) is 12.3. The number of nitrogens with one attached hydrogen (secondary N) is 1. The molecule has 0 fully saturated rings. The van der Waals surface area contributed by atoms with Crippen LogP contribution in [0.25, 0.3) is 5.69 Å². The van der Waals surface area contributed by atoms with Crippen molar-refractivity contribution in [2.75, 3.05) is 5.32 Å². The number of rotatable bonds is 8. The van der Waals surface area contributed by atoms with Gasteiger partial charge >= 0.3 is 0 Å². The van der Waals surface area contributed by atoms with Crippen molar-refractivity contribution in [2.45, 2.75) is 30.0 Å². The zero-order valence-electron chi connectivity index (χ0n) is 17.8. The standard InChI is InChI=1S/C23H20N6OS3/c1-16-14-20(28(26-16)13-5-12-24)25-21(30)18-8-10-19(11-9-18)29-23(31)33-22(27-29)32-15-17-6-3-2-4-7-17/h2-4,6-11,14H,5,13,15H2,1H3,(H,25,30). The maximum atomic E-state index is 12.7. The van der Waals surface area contributed by atoms with Gasteiger partial charge in [0.05, 0.1) is 30.4 Å². The van der Waals surface area contributed by atoms with Gasteiger partial charge in [-0.3, -0.25) is 4.79 Å². The lowest BCUT2D eigenvalue weighted by Crippen LogP contribution is -2.16. The van der Waals surface area contributed by atoms with Gasteiger partial charge in [-0.15, -0.1) is 5.10 Å². The van der Waals surface area contributed by atoms with E-state index in [0.717, 1.165) is 21.5 Å². The van der Waals surface area contributed by atoms with E-state index < -0.39 is 0 Å². The van der Waals surface area contributed by atoms with E-state index in [1.165, 1.54) is 16.9 Å². The van der Waals surface area contributed by atoms with Crippen LogP contribution in [0.2, 0.25) is 0 Å². The highest BCUT2D eigenvalue weighted by atomic mass is 32.2. The summed E-state index contributed by atoms with van der Waals surface area (Å²) in [5.41, 5.74) is 3.31. The fourth-order valence-electron chi connectivity index (χ4n) is 3.12. The largest absolute Gasteiger partial charge is 0.307 e. The molecule has 0 saturated carbocycles. The van der Waals surface area contributed by atoms with Crippen molar-refractivity contribution in [1.29, 1.82) is 5.26 Å². The van der Waals surface area contributed by atoms with Crippen LogP contribution in [0.4, 0.5) is 5.82 Å². The Hall–Kier alpha value is -3.26. The van der Waals surface area contributed by atoms with Crippen LogP contribution in [0.5, 0.6) is 0 Å². The van der Waals surface area contributed by atoms with E-state index in [4.69, 9.17) is 17.5 Å². The second-order valence-electron chi connectivity index (χ2n) is 7.12. The number of carbonyl (C=O) groups is 1. The van der Waals surface area contributed by atoms with Crippen LogP contribution in [0.1, 0.15) is 28.0 Å². The number of thioether (sulfide) groups is 1. The molecule has 2 heterocycles. The molecule has 1 amide bonds. The molecule has 0 saturated heterocycles. The number of amides is 1. The maximum Gasteiger partial charge on any atom is 0.256 e. The van der Waals surface area contributed by atoms with Gasteiger partial charge in [-0.05, 0) is 49.0 Å². The Balaban J connectivity index is 1.44. The average molecular weight is 493 g/mol. The van der Waals surface area contributed by atoms with E-state index in [-0.39, 0.29) is 5.91 Å². The Bertz CT molecular complexity index is 1350. The van der Waals surface area contributed by atoms with Gasteiger partial charge in [-0.2, -0.15) is 10.4 Å². The third-order valence-electron chi connectivity index (χ3n) is 4.69. The number of aromatic nitrogens is 4. The molecule has 2 aromatic heterocycles. The van der Waals surface area contributed by atoms with Crippen molar-refractivity contribution < 1.29 is 4.79 Å². The molecule has 4 aromatic rings. The van der Waals surface area contributed by atoms with Gasteiger partial charge in [0.2, 0.25) is 0 Å². The van der Waals surface area contributed by atoms with E-state index in [1.807, 2.05) is 37.3 Å². The number of nitriles is 1. The van der Waals surface area contributed by atoms with Crippen molar-refractivity contribution in [3.63, 3.8) is 0 Å². The highest BCUT2D eigenvalue weighted by Gasteiger charge is 2.12. The van der Waals surface area contributed by atoms with Gasteiger partial charge in [-0.1, -0.05) is 53.4 Å². The minimum atomic E-state index is -0.249. The summed E-state index contributed by atoms with van der Waals surface area (Å²) < 4.78 is 4.90. The molecule has 0 atom stereocenters. The number of hydrogen-bond donors (Lipinski definition) is 1. The fourth-order valence-corrected chi connectivity index (χ4v) is 5.43. The third-order valence-corrected chi connectivity index (χ3v) is 7.12. The molecule has 0 spiro atoms. The Labute approximate surface area is 204 Å². The second-order valence-corrected chi connectivity index (χ2v) is 9.97. The van der Waals surface area contributed by atoms with Gasteiger partial charge in [0.1, 0.15) is 5.82 Å². The lowest BCUT2D eigenvalue weighted by atomic mass is 10.2. The molecule has 33 heavy (non-hydrogen) atoms. The summed E-state index contributed by atoms with van der Waals surface area (Å²) in [7, 11) is 0. The topological polar surface area (TPSA) is 88.5 Å². The van der Waals surface area contributed by atoms with E-state index in [0.29, 0.717) is 28.3 Å². The Kier molecular flexibility index (Phi) is 7.34. The molecule has 0 aliphatic rings. The van der Waals surface area contributed by atoms with Crippen LogP contribution >= 0.6 is 35.3 Å². The third kappa shape index (κ3) is 5.76. The predicted octanol–water partition coefficient (Wildman–Crippen LogP) is 5.63. The number of carbonyl (C=O) groups excluding carboxylic acids is 1. The first-order valence-electron chi connectivity index (χ1n) is 10.1. The van der Waals surface area contributed by atoms with Crippen molar-refractivity contribution >= 4 is 47.0 Å². The van der Waals surface area contributed by atoms with Crippen molar-refractivity contribution in [1.82, 2.24) is 19.6 Å². The minimum absolute atomic E-state index is 0.249. The summed E-state index contributed by atoms with van der Waals surface area (Å²) in [5, 5.41) is 20.6. The lowest BCUT2D eigenvalue weighted by molar-refractivity contribution is 0.102. The number of aryl methyl sites for hydroxylation is 2. The molecule has 0 bridgehead atoms. The van der Waals surface area contributed by atoms with Crippen molar-refractivity contribution in [3.05, 3.63) is 81.4 Å². The first kappa shape index (κ1) is 22.9. The Morgan fingerprint density at radius 2 is 1.94 bits per heavy atom. The molecule has 0 radical (unpaired) electrons. The number of hydrogen-bond acceptors (Lipinski definition) is 7. The van der Waals surface area contributed by atoms with E-state index in [1.54, 1.807) is 39.3 Å². The van der Waals surface area contributed by atoms with Gasteiger partial charge < -0.3 is 5.32 Å². The van der Waals surface area contributed by atoms with Crippen molar-refractivity contribution in [3.8, 4) is 11.8 Å². The van der Waals surface area contributed by atoms with Crippen LogP contribution in [-0.2, 0) is 12.3 Å². The SMILES string of the molecule is Cc1cc(NC(=O)c2ccc(-n3nc(SCc4ccccc4)sc3=S)cc2)n(CCC#N)n1. The minimum Gasteiger partial charge on any atom is -0.307 e. The summed E-state index contributed by atoms with van der Waals surface area (Å²) in [6.45, 7) is 2.27. The summed E-state index contributed by atoms with van der Waals surface area (Å²) in [6, 6.07) is 21.2. The fraction of sp³-hybridized carbons (Fsp3) is 0.174. The lowest BCUT2D eigenvalue weighted by Gasteiger charge is -2.08. The monoisotopic (exact) mass is 492 g/mol. The van der Waals surface area contributed by atoms with E-state index in [9.17, 15) is 4.79 Å². The molecule has 1 N–H and O–H groups in total. The van der Waals surface area contributed by atoms with Gasteiger partial charge in [0.15, 0.2) is 8.29 Å². The van der Waals surface area contributed by atoms with E-state index in [2.05, 4.69) is 33.7 Å². The number of nitrogens with zero attached hydrogens (tertiary/aromatic N) is 5. The molecule has 4 rings (SSSR count). The molecular weight excluding hydrogens is 472 g/mol. The molecule has 0 aliphatic carbocycles. The highest BCUT2D eigenvalue weighted by Crippen LogP contribution is 2.27. The molecule has 166 valence electrons. The smallest absolute Gasteiger partial charge is 0.256 e. The highest BCUT2D eigenvalue weighted by molar-refractivity contribution is 8.00. The molecular formula is C23H20N6OS3. The van der Waals surface area contributed by atoms with Crippen LogP contribution in [0, 0.1) is 22.2 Å². The molecule has 2 aromatic carbocycles. The first-order chi connectivity index (χ1) is 16.0. The molecule has 0 unspecified atom stereocenters. The van der Waals surface area contributed by atoms with Gasteiger partial charge in [0, 0.05) is 17.4 Å². The molecule has 7 nitrogen and oxygen atoms in total. The predicted molar refractivity (Wildman–Crippen MR) is 133 cm³/mol. The van der Waals surface area contributed by atoms with E-state index >= 15 is 0 Å². The molecule has 0 aliphatic heterocycles. The maximum absolute atomic E-state index is 12.7. The van der Waals surface area contributed by atoms with Gasteiger partial charge in [-0.25, -0.2) is 9.36 Å². The average Bonchev–Trinajstić information content (AvgIpc) is 3.38. The number of benzene rings is 2. The van der Waals surface area contributed by atoms with Crippen LogP contribution in [0.3, 0.4) is 0 Å². The second kappa shape index (κ2) is 10.6. The quantitative estimate of drug-likeness (QED) is 0.253. The summed E-state index contributed by atoms with van der Waals surface area (Å²) >= 11 is 8.62. The van der Waals surface area contributed by atoms with Crippen LogP contribution in [-0.4, -0.2) is 25.5 Å². The van der Waals surface area contributed by atoms with Crippen LogP contribution < -0.4 is 5.32 Å². The van der Waals surface area contributed by atoms with Crippen LogP contribution in [0.15, 0.2) is 65.0 Å². The Morgan fingerprint density at radius 3 is 2.67 bits per heavy atom. The summed E-state index contributed by atoms with van der Waals surface area (Å²) in [5.74, 6) is 1.14. The molecule has 10 heteroatoms. The summed E-state index contributed by atoms with van der Waals surface area (Å²) in [6.07, 6.45) is 0.318. The zero-order chi connectivity index (χ0) is 23.2. The number of anilines is 1. The normalized spacial score (nSPS) is 10.7. The summed E-state index contributed by atoms with van der Waals surface area (Å²) in [4.78, 5) is 12.7. The Morgan fingerprint density at radius 1 is 1.18 bits per heavy atom. The van der Waals surface area contributed by atoms with Crippen molar-refractivity contribution in [2.24, 2.45) is 0 Å². The van der Waals surface area contributed by atoms with Gasteiger partial charge in [0.25, 0.3) is 5.91 Å².